The summed E-state index contributed by atoms with van der Waals surface area (Å²) in [5.41, 5.74) is 0.387. The van der Waals surface area contributed by atoms with Crippen LogP contribution >= 0.6 is 0 Å². The highest BCUT2D eigenvalue weighted by Crippen LogP contribution is 2.19. The SMILES string of the molecule is CC(NCCC1CCOC1)c1cc(F)ccc1F. The number of hydrogen-bond donors (Lipinski definition) is 1. The Balaban J connectivity index is 1.83. The minimum absolute atomic E-state index is 0.178. The van der Waals surface area contributed by atoms with E-state index in [0.29, 0.717) is 11.5 Å². The topological polar surface area (TPSA) is 21.3 Å². The molecule has 1 heterocycles. The molecule has 0 radical (unpaired) electrons. The number of benzene rings is 1. The zero-order chi connectivity index (χ0) is 13.0. The van der Waals surface area contributed by atoms with Gasteiger partial charge in [0.25, 0.3) is 0 Å². The molecule has 18 heavy (non-hydrogen) atoms. The molecule has 1 aliphatic heterocycles. The molecule has 4 heteroatoms. The second-order valence-corrected chi connectivity index (χ2v) is 4.86. The van der Waals surface area contributed by atoms with E-state index in [-0.39, 0.29) is 11.9 Å². The predicted molar refractivity (Wildman–Crippen MR) is 66.3 cm³/mol. The normalized spacial score (nSPS) is 21.2. The first-order chi connectivity index (χ1) is 8.66. The van der Waals surface area contributed by atoms with Crippen LogP contribution in [0.15, 0.2) is 18.2 Å². The van der Waals surface area contributed by atoms with Gasteiger partial charge >= 0.3 is 0 Å². The van der Waals surface area contributed by atoms with Gasteiger partial charge in [-0.15, -0.1) is 0 Å². The molecule has 1 aliphatic rings. The molecule has 1 aromatic rings. The van der Waals surface area contributed by atoms with E-state index in [0.717, 1.165) is 38.7 Å². The van der Waals surface area contributed by atoms with Crippen molar-refractivity contribution in [2.24, 2.45) is 5.92 Å². The average molecular weight is 255 g/mol. The molecule has 0 spiro atoms. The van der Waals surface area contributed by atoms with Crippen LogP contribution in [0.2, 0.25) is 0 Å². The van der Waals surface area contributed by atoms with Gasteiger partial charge in [0.2, 0.25) is 0 Å². The average Bonchev–Trinajstić information content (AvgIpc) is 2.85. The van der Waals surface area contributed by atoms with Crippen LogP contribution in [0, 0.1) is 17.6 Å². The largest absolute Gasteiger partial charge is 0.381 e. The van der Waals surface area contributed by atoms with Gasteiger partial charge < -0.3 is 10.1 Å². The van der Waals surface area contributed by atoms with E-state index in [1.54, 1.807) is 0 Å². The molecule has 100 valence electrons. The van der Waals surface area contributed by atoms with E-state index in [4.69, 9.17) is 4.74 Å². The molecule has 0 aliphatic carbocycles. The van der Waals surface area contributed by atoms with E-state index < -0.39 is 5.82 Å². The number of hydrogen-bond acceptors (Lipinski definition) is 2. The summed E-state index contributed by atoms with van der Waals surface area (Å²) in [5.74, 6) is -0.160. The summed E-state index contributed by atoms with van der Waals surface area (Å²) in [6, 6.07) is 3.39. The first kappa shape index (κ1) is 13.4. The van der Waals surface area contributed by atoms with Crippen LogP contribution in [0.4, 0.5) is 8.78 Å². The van der Waals surface area contributed by atoms with E-state index in [9.17, 15) is 8.78 Å². The van der Waals surface area contributed by atoms with Crippen molar-refractivity contribution in [2.45, 2.75) is 25.8 Å². The zero-order valence-electron chi connectivity index (χ0n) is 10.6. The first-order valence-corrected chi connectivity index (χ1v) is 6.43. The Hall–Kier alpha value is -1.00. The Bertz CT molecular complexity index is 391. The molecule has 0 amide bonds. The Morgan fingerprint density at radius 1 is 1.44 bits per heavy atom. The summed E-state index contributed by atoms with van der Waals surface area (Å²) >= 11 is 0. The second-order valence-electron chi connectivity index (χ2n) is 4.86. The molecule has 2 atom stereocenters. The maximum absolute atomic E-state index is 13.5. The fourth-order valence-electron chi connectivity index (χ4n) is 2.27. The van der Waals surface area contributed by atoms with E-state index >= 15 is 0 Å². The van der Waals surface area contributed by atoms with Crippen molar-refractivity contribution in [3.8, 4) is 0 Å². The van der Waals surface area contributed by atoms with Gasteiger partial charge in [0, 0.05) is 24.8 Å². The van der Waals surface area contributed by atoms with Gasteiger partial charge in [0.15, 0.2) is 0 Å². The number of halogens is 2. The van der Waals surface area contributed by atoms with Crippen LogP contribution in [-0.4, -0.2) is 19.8 Å². The van der Waals surface area contributed by atoms with Gasteiger partial charge in [-0.05, 0) is 50.4 Å². The van der Waals surface area contributed by atoms with Crippen molar-refractivity contribution in [3.63, 3.8) is 0 Å². The highest BCUT2D eigenvalue weighted by molar-refractivity contribution is 5.21. The van der Waals surface area contributed by atoms with Crippen LogP contribution in [0.5, 0.6) is 0 Å². The lowest BCUT2D eigenvalue weighted by molar-refractivity contribution is 0.184. The summed E-state index contributed by atoms with van der Waals surface area (Å²) in [5, 5.41) is 3.23. The van der Waals surface area contributed by atoms with Gasteiger partial charge in [-0.25, -0.2) is 8.78 Å². The summed E-state index contributed by atoms with van der Waals surface area (Å²) in [7, 11) is 0. The maximum atomic E-state index is 13.5. The Morgan fingerprint density at radius 2 is 2.28 bits per heavy atom. The molecule has 2 rings (SSSR count). The third kappa shape index (κ3) is 3.50. The number of ether oxygens (including phenoxy) is 1. The fraction of sp³-hybridized carbons (Fsp3) is 0.571. The summed E-state index contributed by atoms with van der Waals surface area (Å²) in [6.45, 7) is 4.32. The highest BCUT2D eigenvalue weighted by Gasteiger charge is 2.16. The lowest BCUT2D eigenvalue weighted by atomic mass is 10.0. The van der Waals surface area contributed by atoms with Crippen LogP contribution in [0.25, 0.3) is 0 Å². The Labute approximate surface area is 106 Å². The van der Waals surface area contributed by atoms with Gasteiger partial charge in [-0.2, -0.15) is 0 Å². The number of nitrogens with one attached hydrogen (secondary N) is 1. The number of rotatable bonds is 5. The van der Waals surface area contributed by atoms with Crippen molar-refractivity contribution in [3.05, 3.63) is 35.4 Å². The van der Waals surface area contributed by atoms with Crippen molar-refractivity contribution in [1.29, 1.82) is 0 Å². The lowest BCUT2D eigenvalue weighted by Gasteiger charge is -2.16. The quantitative estimate of drug-likeness (QED) is 0.873. The third-order valence-corrected chi connectivity index (χ3v) is 3.45. The van der Waals surface area contributed by atoms with Gasteiger partial charge in [-0.1, -0.05) is 0 Å². The molecular weight excluding hydrogens is 236 g/mol. The molecule has 1 saturated heterocycles. The van der Waals surface area contributed by atoms with Crippen molar-refractivity contribution in [1.82, 2.24) is 5.32 Å². The molecule has 1 fully saturated rings. The fourth-order valence-corrected chi connectivity index (χ4v) is 2.27. The summed E-state index contributed by atoms with van der Waals surface area (Å²) in [4.78, 5) is 0. The van der Waals surface area contributed by atoms with Crippen LogP contribution in [0.3, 0.4) is 0 Å². The van der Waals surface area contributed by atoms with Crippen molar-refractivity contribution < 1.29 is 13.5 Å². The monoisotopic (exact) mass is 255 g/mol. The Morgan fingerprint density at radius 3 is 3.00 bits per heavy atom. The summed E-state index contributed by atoms with van der Waals surface area (Å²) in [6.07, 6.45) is 2.12. The smallest absolute Gasteiger partial charge is 0.128 e. The first-order valence-electron chi connectivity index (χ1n) is 6.43. The standard InChI is InChI=1S/C14H19F2NO/c1-10(13-8-12(15)2-3-14(13)16)17-6-4-11-5-7-18-9-11/h2-3,8,10-11,17H,4-7,9H2,1H3. The van der Waals surface area contributed by atoms with Gasteiger partial charge in [0.05, 0.1) is 0 Å². The van der Waals surface area contributed by atoms with Gasteiger partial charge in [0.1, 0.15) is 11.6 Å². The van der Waals surface area contributed by atoms with E-state index in [1.165, 1.54) is 12.1 Å². The lowest BCUT2D eigenvalue weighted by Crippen LogP contribution is -2.23. The molecular formula is C14H19F2NO. The minimum atomic E-state index is -0.399. The van der Waals surface area contributed by atoms with Crippen LogP contribution < -0.4 is 5.32 Å². The highest BCUT2D eigenvalue weighted by atomic mass is 19.1. The molecule has 2 unspecified atom stereocenters. The molecule has 0 aromatic heterocycles. The second kappa shape index (κ2) is 6.25. The van der Waals surface area contributed by atoms with Crippen LogP contribution in [0.1, 0.15) is 31.4 Å². The molecule has 1 aromatic carbocycles. The third-order valence-electron chi connectivity index (χ3n) is 3.45. The Kier molecular flexibility index (Phi) is 4.66. The minimum Gasteiger partial charge on any atom is -0.381 e. The molecule has 0 bridgehead atoms. The molecule has 1 N–H and O–H groups in total. The van der Waals surface area contributed by atoms with E-state index in [2.05, 4.69) is 5.32 Å². The van der Waals surface area contributed by atoms with E-state index in [1.807, 2.05) is 6.92 Å². The molecule has 0 saturated carbocycles. The maximum Gasteiger partial charge on any atom is 0.128 e. The van der Waals surface area contributed by atoms with Crippen molar-refractivity contribution >= 4 is 0 Å². The van der Waals surface area contributed by atoms with Crippen LogP contribution in [-0.2, 0) is 4.74 Å². The summed E-state index contributed by atoms with van der Waals surface area (Å²) < 4.78 is 31.9. The van der Waals surface area contributed by atoms with Crippen molar-refractivity contribution in [2.75, 3.05) is 19.8 Å². The predicted octanol–water partition coefficient (Wildman–Crippen LogP) is 3.04. The molecule has 2 nitrogen and oxygen atoms in total. The van der Waals surface area contributed by atoms with Gasteiger partial charge in [-0.3, -0.25) is 0 Å². The zero-order valence-corrected chi connectivity index (χ0v) is 10.6.